The molecule has 0 aliphatic heterocycles. The highest BCUT2D eigenvalue weighted by Crippen LogP contribution is 2.15. The lowest BCUT2D eigenvalue weighted by Crippen LogP contribution is -2.20. The quantitative estimate of drug-likeness (QED) is 0.778. The summed E-state index contributed by atoms with van der Waals surface area (Å²) in [6, 6.07) is 10.4. The molecule has 2 aromatic rings. The lowest BCUT2D eigenvalue weighted by Gasteiger charge is -2.08. The molecule has 7 heteroatoms. The zero-order valence-electron chi connectivity index (χ0n) is 13.3. The summed E-state index contributed by atoms with van der Waals surface area (Å²) in [6.07, 6.45) is 2.03. The van der Waals surface area contributed by atoms with Gasteiger partial charge in [-0.05, 0) is 28.8 Å². The zero-order valence-corrected chi connectivity index (χ0v) is 13.3. The second-order valence-electron chi connectivity index (χ2n) is 5.26. The van der Waals surface area contributed by atoms with E-state index < -0.39 is 12.8 Å². The van der Waals surface area contributed by atoms with Crippen LogP contribution in [0.4, 0.5) is 13.2 Å². The van der Waals surface area contributed by atoms with Crippen molar-refractivity contribution in [1.82, 2.24) is 10.3 Å². The fourth-order valence-electron chi connectivity index (χ4n) is 1.93. The van der Waals surface area contributed by atoms with Crippen LogP contribution in [-0.4, -0.2) is 23.7 Å². The van der Waals surface area contributed by atoms with E-state index in [1.165, 1.54) is 6.08 Å². The predicted octanol–water partition coefficient (Wildman–Crippen LogP) is 3.49. The Hall–Kier alpha value is -2.67. The first kappa shape index (κ1) is 18.7. The third-order valence-electron chi connectivity index (χ3n) is 3.14. The van der Waals surface area contributed by atoms with E-state index in [0.717, 1.165) is 11.1 Å². The van der Waals surface area contributed by atoms with Crippen molar-refractivity contribution < 1.29 is 22.7 Å². The van der Waals surface area contributed by atoms with Gasteiger partial charge in [-0.1, -0.05) is 30.3 Å². The molecule has 1 heterocycles. The Balaban J connectivity index is 1.75. The van der Waals surface area contributed by atoms with Crippen molar-refractivity contribution in [3.05, 3.63) is 71.6 Å². The van der Waals surface area contributed by atoms with E-state index in [2.05, 4.69) is 15.0 Å². The van der Waals surface area contributed by atoms with E-state index in [-0.39, 0.29) is 12.5 Å². The van der Waals surface area contributed by atoms with Crippen LogP contribution < -0.4 is 5.32 Å². The number of alkyl halides is 3. The van der Waals surface area contributed by atoms with Crippen LogP contribution in [0.3, 0.4) is 0 Å². The van der Waals surface area contributed by atoms with E-state index in [1.807, 2.05) is 6.07 Å². The molecule has 1 aromatic heterocycles. The van der Waals surface area contributed by atoms with Gasteiger partial charge in [-0.25, -0.2) is 0 Å². The molecule has 1 N–H and O–H groups in total. The molecule has 0 atom stereocenters. The topological polar surface area (TPSA) is 51.2 Å². The van der Waals surface area contributed by atoms with Crippen molar-refractivity contribution in [2.45, 2.75) is 19.3 Å². The number of amides is 1. The van der Waals surface area contributed by atoms with Crippen LogP contribution >= 0.6 is 0 Å². The van der Waals surface area contributed by atoms with Gasteiger partial charge in [-0.2, -0.15) is 13.2 Å². The summed E-state index contributed by atoms with van der Waals surface area (Å²) in [7, 11) is 0. The smallest absolute Gasteiger partial charge is 0.367 e. The highest BCUT2D eigenvalue weighted by molar-refractivity contribution is 5.91. The summed E-state index contributed by atoms with van der Waals surface area (Å²) in [4.78, 5) is 15.7. The molecule has 25 heavy (non-hydrogen) atoms. The Kier molecular flexibility index (Phi) is 6.71. The van der Waals surface area contributed by atoms with E-state index in [0.29, 0.717) is 12.1 Å². The van der Waals surface area contributed by atoms with Gasteiger partial charge in [0.15, 0.2) is 0 Å². The number of pyridine rings is 1. The maximum atomic E-state index is 12.0. The van der Waals surface area contributed by atoms with Crippen molar-refractivity contribution in [2.24, 2.45) is 0 Å². The lowest BCUT2D eigenvalue weighted by molar-refractivity contribution is -0.176. The van der Waals surface area contributed by atoms with Gasteiger partial charge in [0.2, 0.25) is 5.91 Å². The van der Waals surface area contributed by atoms with Crippen LogP contribution in [0.25, 0.3) is 6.08 Å². The van der Waals surface area contributed by atoms with Crippen LogP contribution in [0.1, 0.15) is 16.7 Å². The molecule has 0 aliphatic carbocycles. The summed E-state index contributed by atoms with van der Waals surface area (Å²) in [5, 5.41) is 2.73. The SMILES string of the molecule is O=C(/C=C/c1cccnc1)NCc1ccc(COCC(F)(F)F)cc1. The number of rotatable bonds is 7. The van der Waals surface area contributed by atoms with E-state index in [9.17, 15) is 18.0 Å². The Morgan fingerprint density at radius 1 is 1.16 bits per heavy atom. The number of carbonyl (C=O) groups is 1. The van der Waals surface area contributed by atoms with Crippen molar-refractivity contribution in [1.29, 1.82) is 0 Å². The molecule has 0 radical (unpaired) electrons. The normalized spacial score (nSPS) is 11.6. The average molecular weight is 350 g/mol. The minimum absolute atomic E-state index is 0.111. The van der Waals surface area contributed by atoms with E-state index in [1.54, 1.807) is 48.8 Å². The van der Waals surface area contributed by atoms with Gasteiger partial charge in [0.05, 0.1) is 6.61 Å². The fourth-order valence-corrected chi connectivity index (χ4v) is 1.93. The number of hydrogen-bond acceptors (Lipinski definition) is 3. The summed E-state index contributed by atoms with van der Waals surface area (Å²) < 4.78 is 40.6. The van der Waals surface area contributed by atoms with Crippen LogP contribution in [0.5, 0.6) is 0 Å². The third kappa shape index (κ3) is 7.63. The van der Waals surface area contributed by atoms with Crippen molar-refractivity contribution in [2.75, 3.05) is 6.61 Å². The monoisotopic (exact) mass is 350 g/mol. The molecular formula is C18H17F3N2O2. The molecular weight excluding hydrogens is 333 g/mol. The van der Waals surface area contributed by atoms with Gasteiger partial charge in [0.1, 0.15) is 6.61 Å². The molecule has 1 aromatic carbocycles. The summed E-state index contributed by atoms with van der Waals surface area (Å²) in [6.45, 7) is -1.06. The lowest BCUT2D eigenvalue weighted by atomic mass is 10.1. The third-order valence-corrected chi connectivity index (χ3v) is 3.14. The van der Waals surface area contributed by atoms with Gasteiger partial charge < -0.3 is 10.1 Å². The van der Waals surface area contributed by atoms with Crippen molar-refractivity contribution in [3.8, 4) is 0 Å². The second kappa shape index (κ2) is 8.98. The van der Waals surface area contributed by atoms with Gasteiger partial charge in [0, 0.05) is 25.0 Å². The standard InChI is InChI=1S/C18H17F3N2O2/c19-18(20,21)13-25-12-16-5-3-15(4-6-16)11-23-17(24)8-7-14-2-1-9-22-10-14/h1-10H,11-13H2,(H,23,24)/b8-7+. The van der Waals surface area contributed by atoms with Crippen LogP contribution in [0.15, 0.2) is 54.9 Å². The average Bonchev–Trinajstić information content (AvgIpc) is 2.59. The minimum Gasteiger partial charge on any atom is -0.367 e. The van der Waals surface area contributed by atoms with Crippen molar-refractivity contribution in [3.63, 3.8) is 0 Å². The highest BCUT2D eigenvalue weighted by atomic mass is 19.4. The van der Waals surface area contributed by atoms with Crippen LogP contribution in [-0.2, 0) is 22.7 Å². The molecule has 0 saturated carbocycles. The number of aromatic nitrogens is 1. The van der Waals surface area contributed by atoms with Gasteiger partial charge in [-0.15, -0.1) is 0 Å². The molecule has 0 bridgehead atoms. The van der Waals surface area contributed by atoms with E-state index >= 15 is 0 Å². The largest absolute Gasteiger partial charge is 0.411 e. The fraction of sp³-hybridized carbons (Fsp3) is 0.222. The maximum Gasteiger partial charge on any atom is 0.411 e. The Labute approximate surface area is 143 Å². The van der Waals surface area contributed by atoms with Gasteiger partial charge in [-0.3, -0.25) is 9.78 Å². The molecule has 132 valence electrons. The summed E-state index contributed by atoms with van der Waals surface area (Å²) in [5.41, 5.74) is 2.29. The number of nitrogens with zero attached hydrogens (tertiary/aromatic N) is 1. The molecule has 1 amide bonds. The first-order valence-corrected chi connectivity index (χ1v) is 7.51. The first-order valence-electron chi connectivity index (χ1n) is 7.51. The Morgan fingerprint density at radius 2 is 1.88 bits per heavy atom. The van der Waals surface area contributed by atoms with Crippen LogP contribution in [0, 0.1) is 0 Å². The molecule has 0 saturated heterocycles. The summed E-state index contributed by atoms with van der Waals surface area (Å²) >= 11 is 0. The van der Waals surface area contributed by atoms with Gasteiger partial charge >= 0.3 is 6.18 Å². The number of hydrogen-bond donors (Lipinski definition) is 1. The Morgan fingerprint density at radius 3 is 2.52 bits per heavy atom. The predicted molar refractivity (Wildman–Crippen MR) is 87.3 cm³/mol. The number of halogens is 3. The number of nitrogens with one attached hydrogen (secondary N) is 1. The molecule has 0 unspecified atom stereocenters. The molecule has 0 fully saturated rings. The van der Waals surface area contributed by atoms with Gasteiger partial charge in [0.25, 0.3) is 0 Å². The zero-order chi connectivity index (χ0) is 18.1. The number of benzene rings is 1. The first-order chi connectivity index (χ1) is 11.9. The molecule has 2 rings (SSSR count). The Bertz CT molecular complexity index is 699. The van der Waals surface area contributed by atoms with Crippen molar-refractivity contribution >= 4 is 12.0 Å². The second-order valence-corrected chi connectivity index (χ2v) is 5.26. The number of carbonyl (C=O) groups excluding carboxylic acids is 1. The minimum atomic E-state index is -4.33. The molecule has 4 nitrogen and oxygen atoms in total. The van der Waals surface area contributed by atoms with Crippen LogP contribution in [0.2, 0.25) is 0 Å². The van der Waals surface area contributed by atoms with E-state index in [4.69, 9.17) is 0 Å². The number of ether oxygens (including phenoxy) is 1. The molecule has 0 spiro atoms. The maximum absolute atomic E-state index is 12.0. The summed E-state index contributed by atoms with van der Waals surface area (Å²) in [5.74, 6) is -0.249. The molecule has 0 aliphatic rings. The highest BCUT2D eigenvalue weighted by Gasteiger charge is 2.27.